The molecule has 2 aliphatic carbocycles. The van der Waals surface area contributed by atoms with Crippen LogP contribution in [0.5, 0.6) is 0 Å². The number of nitrogens with one attached hydrogen (secondary N) is 1. The minimum atomic E-state index is 0.651. The minimum Gasteiger partial charge on any atom is -0.445 e. The van der Waals surface area contributed by atoms with E-state index in [4.69, 9.17) is 4.42 Å². The van der Waals surface area contributed by atoms with Crippen LogP contribution in [0.15, 0.2) is 10.6 Å². The van der Waals surface area contributed by atoms with Gasteiger partial charge in [-0.25, -0.2) is 4.98 Å². The lowest BCUT2D eigenvalue weighted by atomic mass is 10.1. The summed E-state index contributed by atoms with van der Waals surface area (Å²) in [5.74, 6) is 2.69. The Morgan fingerprint density at radius 1 is 1.25 bits per heavy atom. The minimum absolute atomic E-state index is 0.651. The summed E-state index contributed by atoms with van der Waals surface area (Å²) >= 11 is 0. The molecule has 0 radical (unpaired) electrons. The second-order valence-corrected chi connectivity index (χ2v) is 5.12. The molecule has 16 heavy (non-hydrogen) atoms. The molecule has 1 aromatic rings. The van der Waals surface area contributed by atoms with Gasteiger partial charge in [0.15, 0.2) is 5.89 Å². The molecule has 88 valence electrons. The second kappa shape index (κ2) is 4.58. The zero-order valence-corrected chi connectivity index (χ0v) is 9.74. The second-order valence-electron chi connectivity index (χ2n) is 5.12. The molecule has 0 aromatic carbocycles. The number of hydrogen-bond donors (Lipinski definition) is 1. The van der Waals surface area contributed by atoms with Crippen molar-refractivity contribution < 1.29 is 4.42 Å². The molecule has 0 aliphatic heterocycles. The van der Waals surface area contributed by atoms with Gasteiger partial charge in [-0.1, -0.05) is 12.8 Å². The Labute approximate surface area is 96.6 Å². The number of oxazole rings is 1. The Kier molecular flexibility index (Phi) is 2.96. The summed E-state index contributed by atoms with van der Waals surface area (Å²) in [6.07, 6.45) is 10.8. The third-order valence-electron chi connectivity index (χ3n) is 3.68. The molecular weight excluding hydrogens is 200 g/mol. The van der Waals surface area contributed by atoms with Crippen LogP contribution in [0.1, 0.15) is 56.1 Å². The summed E-state index contributed by atoms with van der Waals surface area (Å²) in [5.41, 5.74) is 0. The Morgan fingerprint density at radius 3 is 2.81 bits per heavy atom. The number of nitrogens with zero attached hydrogens (tertiary/aromatic N) is 1. The Bertz CT molecular complexity index is 337. The first-order chi connectivity index (χ1) is 7.92. The van der Waals surface area contributed by atoms with E-state index >= 15 is 0 Å². The van der Waals surface area contributed by atoms with Crippen LogP contribution in [-0.2, 0) is 6.42 Å². The fourth-order valence-electron chi connectivity index (χ4n) is 2.51. The predicted molar refractivity (Wildman–Crippen MR) is 62.4 cm³/mol. The maximum Gasteiger partial charge on any atom is 0.195 e. The molecule has 0 atom stereocenters. The van der Waals surface area contributed by atoms with Gasteiger partial charge in [0, 0.05) is 24.9 Å². The molecule has 0 bridgehead atoms. The lowest BCUT2D eigenvalue weighted by molar-refractivity contribution is 0.420. The molecule has 1 aromatic heterocycles. The average molecular weight is 220 g/mol. The van der Waals surface area contributed by atoms with Crippen molar-refractivity contribution in [1.82, 2.24) is 10.3 Å². The first-order valence-electron chi connectivity index (χ1n) is 6.60. The van der Waals surface area contributed by atoms with E-state index in [2.05, 4.69) is 10.3 Å². The highest BCUT2D eigenvalue weighted by atomic mass is 16.4. The summed E-state index contributed by atoms with van der Waals surface area (Å²) in [5, 5.41) is 3.48. The van der Waals surface area contributed by atoms with Gasteiger partial charge in [-0.15, -0.1) is 0 Å². The van der Waals surface area contributed by atoms with Crippen molar-refractivity contribution >= 4 is 0 Å². The lowest BCUT2D eigenvalue weighted by Crippen LogP contribution is -2.19. The summed E-state index contributed by atoms with van der Waals surface area (Å²) in [6.45, 7) is 1.01. The highest BCUT2D eigenvalue weighted by Gasteiger charge is 2.22. The number of rotatable bonds is 5. The summed E-state index contributed by atoms with van der Waals surface area (Å²) < 4.78 is 5.82. The predicted octanol–water partition coefficient (Wildman–Crippen LogP) is 2.63. The normalized spacial score (nSPS) is 21.8. The van der Waals surface area contributed by atoms with Gasteiger partial charge < -0.3 is 9.73 Å². The van der Waals surface area contributed by atoms with Crippen LogP contribution in [-0.4, -0.2) is 17.6 Å². The summed E-state index contributed by atoms with van der Waals surface area (Å²) in [7, 11) is 0. The van der Waals surface area contributed by atoms with Crippen LogP contribution in [0.2, 0.25) is 0 Å². The number of aromatic nitrogens is 1. The molecule has 3 rings (SSSR count). The zero-order valence-electron chi connectivity index (χ0n) is 9.74. The van der Waals surface area contributed by atoms with Crippen molar-refractivity contribution in [3.63, 3.8) is 0 Å². The van der Waals surface area contributed by atoms with E-state index in [1.807, 2.05) is 6.20 Å². The van der Waals surface area contributed by atoms with E-state index < -0.39 is 0 Å². The highest BCUT2D eigenvalue weighted by molar-refractivity contribution is 5.04. The van der Waals surface area contributed by atoms with Crippen molar-refractivity contribution in [2.45, 2.75) is 56.9 Å². The van der Waals surface area contributed by atoms with Gasteiger partial charge in [0.05, 0.1) is 6.20 Å². The molecule has 2 fully saturated rings. The molecular formula is C13H20N2O. The fourth-order valence-corrected chi connectivity index (χ4v) is 2.51. The highest BCUT2D eigenvalue weighted by Crippen LogP contribution is 2.34. The molecule has 1 N–H and O–H groups in total. The summed E-state index contributed by atoms with van der Waals surface area (Å²) in [4.78, 5) is 4.37. The van der Waals surface area contributed by atoms with E-state index in [-0.39, 0.29) is 0 Å². The zero-order chi connectivity index (χ0) is 10.8. The van der Waals surface area contributed by atoms with Crippen LogP contribution in [0.25, 0.3) is 0 Å². The Morgan fingerprint density at radius 2 is 2.06 bits per heavy atom. The van der Waals surface area contributed by atoms with Gasteiger partial charge in [0.1, 0.15) is 5.76 Å². The SMILES string of the molecule is c1nc(CCNC2CC2)oc1C1CCCC1. The van der Waals surface area contributed by atoms with Crippen molar-refractivity contribution in [2.75, 3.05) is 6.54 Å². The van der Waals surface area contributed by atoms with Crippen LogP contribution in [0.4, 0.5) is 0 Å². The third kappa shape index (κ3) is 2.46. The van der Waals surface area contributed by atoms with E-state index in [0.29, 0.717) is 5.92 Å². The summed E-state index contributed by atoms with van der Waals surface area (Å²) in [6, 6.07) is 0.782. The molecule has 0 unspecified atom stereocenters. The molecule has 2 saturated carbocycles. The smallest absolute Gasteiger partial charge is 0.195 e. The van der Waals surface area contributed by atoms with Crippen LogP contribution < -0.4 is 5.32 Å². The molecule has 3 nitrogen and oxygen atoms in total. The van der Waals surface area contributed by atoms with E-state index in [1.54, 1.807) is 0 Å². The maximum atomic E-state index is 5.82. The van der Waals surface area contributed by atoms with Crippen LogP contribution in [0.3, 0.4) is 0 Å². The maximum absolute atomic E-state index is 5.82. The van der Waals surface area contributed by atoms with E-state index in [1.165, 1.54) is 38.5 Å². The van der Waals surface area contributed by atoms with Crippen LogP contribution >= 0.6 is 0 Å². The van der Waals surface area contributed by atoms with Crippen molar-refractivity contribution in [1.29, 1.82) is 0 Å². The topological polar surface area (TPSA) is 38.1 Å². The van der Waals surface area contributed by atoms with Crippen molar-refractivity contribution in [3.05, 3.63) is 17.8 Å². The number of hydrogen-bond acceptors (Lipinski definition) is 3. The largest absolute Gasteiger partial charge is 0.445 e. The molecule has 0 amide bonds. The molecule has 1 heterocycles. The van der Waals surface area contributed by atoms with Gasteiger partial charge in [0.2, 0.25) is 0 Å². The van der Waals surface area contributed by atoms with Gasteiger partial charge in [-0.2, -0.15) is 0 Å². The Balaban J connectivity index is 1.50. The third-order valence-corrected chi connectivity index (χ3v) is 3.68. The van der Waals surface area contributed by atoms with Gasteiger partial charge in [0.25, 0.3) is 0 Å². The van der Waals surface area contributed by atoms with Crippen molar-refractivity contribution in [3.8, 4) is 0 Å². The Hall–Kier alpha value is -0.830. The van der Waals surface area contributed by atoms with Gasteiger partial charge in [-0.05, 0) is 25.7 Å². The quantitative estimate of drug-likeness (QED) is 0.829. The van der Waals surface area contributed by atoms with Gasteiger partial charge >= 0.3 is 0 Å². The first-order valence-corrected chi connectivity index (χ1v) is 6.60. The van der Waals surface area contributed by atoms with E-state index in [0.717, 1.165) is 30.7 Å². The van der Waals surface area contributed by atoms with Crippen LogP contribution in [0, 0.1) is 0 Å². The molecule has 0 spiro atoms. The average Bonchev–Trinajstić information content (AvgIpc) is 2.83. The molecule has 0 saturated heterocycles. The lowest BCUT2D eigenvalue weighted by Gasteiger charge is -2.03. The van der Waals surface area contributed by atoms with Crippen molar-refractivity contribution in [2.24, 2.45) is 0 Å². The standard InChI is InChI=1S/C13H20N2O/c1-2-4-10(3-1)12-9-15-13(16-12)7-8-14-11-5-6-11/h9-11,14H,1-8H2. The molecule has 2 aliphatic rings. The molecule has 3 heteroatoms. The first kappa shape index (κ1) is 10.3. The van der Waals surface area contributed by atoms with E-state index in [9.17, 15) is 0 Å². The van der Waals surface area contributed by atoms with Gasteiger partial charge in [-0.3, -0.25) is 0 Å². The monoisotopic (exact) mass is 220 g/mol. The fraction of sp³-hybridized carbons (Fsp3) is 0.769.